The van der Waals surface area contributed by atoms with Crippen LogP contribution in [-0.4, -0.2) is 11.0 Å². The Bertz CT molecular complexity index is 1730. The van der Waals surface area contributed by atoms with Crippen LogP contribution >= 0.6 is 59.4 Å². The molecule has 0 aliphatic rings. The molecule has 3 nitrogen and oxygen atoms in total. The van der Waals surface area contributed by atoms with Crippen LogP contribution in [0, 0.1) is 39.5 Å². The van der Waals surface area contributed by atoms with Crippen molar-refractivity contribution in [2.45, 2.75) is 105 Å². The standard InChI is InChI=1S/C11H12BrFO.C11H14BrF.C11H16FN.C7H3BrClFO.4CH4/c1-11(2,3)10(14)8-5-4-7(12)6-9(8)13;1-11(2,3)7-8-4-5-9(12)6-10(8)13;1-11(2,3)7-8-4-5-9(13)6-10(8)12;8-4-1-2-5(7(9)11)6(10)3-4;;;;/h4-6H,1-3H3;4-6H,7H2,1-3H3;4-6H,7,13H2,1-3H3;1-3H;4*1H4. The van der Waals surface area contributed by atoms with Crippen LogP contribution in [0.4, 0.5) is 23.2 Å². The average Bonchev–Trinajstić information content (AvgIpc) is 2.95. The van der Waals surface area contributed by atoms with Gasteiger partial charge in [0.25, 0.3) is 5.24 Å². The van der Waals surface area contributed by atoms with E-state index in [4.69, 9.17) is 17.3 Å². The van der Waals surface area contributed by atoms with Crippen molar-refractivity contribution in [3.8, 4) is 0 Å². The number of ketones is 1. The predicted molar refractivity (Wildman–Crippen MR) is 240 cm³/mol. The molecule has 4 aromatic carbocycles. The van der Waals surface area contributed by atoms with Crippen LogP contribution in [0.15, 0.2) is 86.2 Å². The van der Waals surface area contributed by atoms with E-state index in [-0.39, 0.29) is 69.1 Å². The van der Waals surface area contributed by atoms with E-state index < -0.39 is 22.3 Å². The summed E-state index contributed by atoms with van der Waals surface area (Å²) < 4.78 is 54.8. The van der Waals surface area contributed by atoms with Gasteiger partial charge >= 0.3 is 0 Å². The highest BCUT2D eigenvalue weighted by Crippen LogP contribution is 2.26. The van der Waals surface area contributed by atoms with Crippen molar-refractivity contribution >= 4 is 76.1 Å². The molecular weight excluding hydrogens is 926 g/mol. The van der Waals surface area contributed by atoms with Crippen molar-refractivity contribution < 1.29 is 27.2 Å². The van der Waals surface area contributed by atoms with Gasteiger partial charge in [-0.2, -0.15) is 0 Å². The zero-order valence-electron chi connectivity index (χ0n) is 30.3. The maximum absolute atomic E-state index is 13.4. The molecule has 0 aliphatic heterocycles. The summed E-state index contributed by atoms with van der Waals surface area (Å²) in [5, 5.41) is -0.782. The summed E-state index contributed by atoms with van der Waals surface area (Å²) in [5.41, 5.74) is 7.20. The zero-order chi connectivity index (χ0) is 39.5. The highest BCUT2D eigenvalue weighted by atomic mass is 79.9. The molecule has 0 aromatic heterocycles. The highest BCUT2D eigenvalue weighted by molar-refractivity contribution is 9.11. The van der Waals surface area contributed by atoms with E-state index in [0.717, 1.165) is 28.4 Å². The molecule has 0 amide bonds. The summed E-state index contributed by atoms with van der Waals surface area (Å²) in [6, 6.07) is 18.7. The molecule has 310 valence electrons. The number of carbonyl (C=O) groups excluding carboxylic acids is 2. The fourth-order valence-electron chi connectivity index (χ4n) is 4.24. The Hall–Kier alpha value is -2.53. The molecule has 11 heteroatoms. The minimum atomic E-state index is -0.782. The lowest BCUT2D eigenvalue weighted by Crippen LogP contribution is -2.21. The molecule has 0 fully saturated rings. The van der Waals surface area contributed by atoms with Gasteiger partial charge < -0.3 is 5.73 Å². The number of nitrogens with two attached hydrogens (primary N) is 1. The second-order valence-electron chi connectivity index (χ2n) is 15.2. The molecule has 0 saturated carbocycles. The Kier molecular flexibility index (Phi) is 27.6. The lowest BCUT2D eigenvalue weighted by molar-refractivity contribution is 0.0853. The smallest absolute Gasteiger partial charge is 0.255 e. The van der Waals surface area contributed by atoms with E-state index in [1.165, 1.54) is 36.4 Å². The lowest BCUT2D eigenvalue weighted by Gasteiger charge is -2.18. The number of benzene rings is 4. The maximum atomic E-state index is 13.4. The first kappa shape index (κ1) is 59.2. The number of halogens is 8. The number of carbonyl (C=O) groups is 2. The third-order valence-corrected chi connectivity index (χ3v) is 8.22. The molecule has 0 aliphatic carbocycles. The molecular formula is C44H61Br3ClF4NO2. The van der Waals surface area contributed by atoms with E-state index in [1.54, 1.807) is 45.0 Å². The first-order valence-electron chi connectivity index (χ1n) is 15.8. The maximum Gasteiger partial charge on any atom is 0.255 e. The third kappa shape index (κ3) is 23.3. The van der Waals surface area contributed by atoms with Gasteiger partial charge in [-0.25, -0.2) is 17.6 Å². The average molecular weight is 987 g/mol. The quantitative estimate of drug-likeness (QED) is 0.0959. The molecule has 0 bridgehead atoms. The molecule has 0 heterocycles. The van der Waals surface area contributed by atoms with Gasteiger partial charge in [0, 0.05) is 24.5 Å². The summed E-state index contributed by atoms with van der Waals surface area (Å²) >= 11 is 14.5. The molecule has 0 atom stereocenters. The van der Waals surface area contributed by atoms with E-state index in [2.05, 4.69) is 89.3 Å². The van der Waals surface area contributed by atoms with E-state index in [9.17, 15) is 27.2 Å². The minimum absolute atomic E-state index is 0. The van der Waals surface area contributed by atoms with E-state index in [1.807, 2.05) is 12.1 Å². The Morgan fingerprint density at radius 2 is 0.873 bits per heavy atom. The van der Waals surface area contributed by atoms with Crippen LogP contribution in [0.1, 0.15) is 124 Å². The molecule has 4 aromatic rings. The van der Waals surface area contributed by atoms with Crippen LogP contribution in [0.2, 0.25) is 0 Å². The van der Waals surface area contributed by atoms with Crippen LogP contribution in [0.25, 0.3) is 0 Å². The first-order chi connectivity index (χ1) is 23.2. The van der Waals surface area contributed by atoms with Crippen molar-refractivity contribution in [1.29, 1.82) is 0 Å². The van der Waals surface area contributed by atoms with Crippen molar-refractivity contribution in [1.82, 2.24) is 0 Å². The number of Topliss-reactive ketones (excluding diaryl/α,β-unsaturated/α-hetero) is 1. The van der Waals surface area contributed by atoms with Crippen molar-refractivity contribution in [2.75, 3.05) is 5.73 Å². The Balaban J connectivity index is -0.000000309. The fourth-order valence-corrected chi connectivity index (χ4v) is 5.39. The predicted octanol–water partition coefficient (Wildman–Crippen LogP) is 16.5. The summed E-state index contributed by atoms with van der Waals surface area (Å²) in [6.45, 7) is 17.9. The molecule has 0 radical (unpaired) electrons. The van der Waals surface area contributed by atoms with Gasteiger partial charge in [-0.15, -0.1) is 0 Å². The van der Waals surface area contributed by atoms with Gasteiger partial charge in [-0.1, -0.05) is 152 Å². The minimum Gasteiger partial charge on any atom is -0.399 e. The van der Waals surface area contributed by atoms with Gasteiger partial charge in [0.1, 0.15) is 23.3 Å². The number of hydrogen-bond donors (Lipinski definition) is 1. The van der Waals surface area contributed by atoms with Gasteiger partial charge in [0.15, 0.2) is 5.78 Å². The molecule has 0 saturated heterocycles. The Morgan fingerprint density at radius 1 is 0.545 bits per heavy atom. The summed E-state index contributed by atoms with van der Waals surface area (Å²) in [5.74, 6) is -1.58. The van der Waals surface area contributed by atoms with Gasteiger partial charge in [-0.3, -0.25) is 9.59 Å². The summed E-state index contributed by atoms with van der Waals surface area (Å²) in [6.07, 6.45) is 1.51. The van der Waals surface area contributed by atoms with Gasteiger partial charge in [-0.05, 0) is 107 Å². The van der Waals surface area contributed by atoms with Crippen LogP contribution in [0.5, 0.6) is 0 Å². The van der Waals surface area contributed by atoms with Crippen molar-refractivity contribution in [3.05, 3.63) is 132 Å². The highest BCUT2D eigenvalue weighted by Gasteiger charge is 2.25. The number of hydrogen-bond acceptors (Lipinski definition) is 3. The van der Waals surface area contributed by atoms with Gasteiger partial charge in [0.2, 0.25) is 0 Å². The van der Waals surface area contributed by atoms with E-state index >= 15 is 0 Å². The number of anilines is 1. The topological polar surface area (TPSA) is 60.2 Å². The monoisotopic (exact) mass is 983 g/mol. The van der Waals surface area contributed by atoms with Crippen LogP contribution in [0.3, 0.4) is 0 Å². The molecule has 55 heavy (non-hydrogen) atoms. The second-order valence-corrected chi connectivity index (χ2v) is 18.3. The third-order valence-electron chi connectivity index (χ3n) is 6.53. The van der Waals surface area contributed by atoms with E-state index in [0.29, 0.717) is 14.6 Å². The molecule has 0 unspecified atom stereocenters. The number of nitrogen functional groups attached to an aromatic ring is 1. The second kappa shape index (κ2) is 25.7. The lowest BCUT2D eigenvalue weighted by atomic mass is 9.86. The molecule has 4 rings (SSSR count). The normalized spacial score (nSPS) is 10.4. The summed E-state index contributed by atoms with van der Waals surface area (Å²) in [4.78, 5) is 22.2. The largest absolute Gasteiger partial charge is 0.399 e. The Morgan fingerprint density at radius 3 is 1.18 bits per heavy atom. The Labute approximate surface area is 359 Å². The van der Waals surface area contributed by atoms with Crippen LogP contribution < -0.4 is 5.73 Å². The first-order valence-corrected chi connectivity index (χ1v) is 18.6. The zero-order valence-corrected chi connectivity index (χ0v) is 35.8. The SMILES string of the molecule is C.C.C.C.CC(C)(C)C(=O)c1ccc(Br)cc1F.CC(C)(C)Cc1ccc(Br)cc1F.CC(C)(C)Cc1ccc(N)cc1F.O=C(Cl)c1ccc(Br)cc1F. The van der Waals surface area contributed by atoms with Crippen LogP contribution in [-0.2, 0) is 12.8 Å². The van der Waals surface area contributed by atoms with Crippen molar-refractivity contribution in [2.24, 2.45) is 16.2 Å². The fraction of sp³-hybridized carbons (Fsp3) is 0.409. The molecule has 0 spiro atoms. The number of rotatable bonds is 4. The summed E-state index contributed by atoms with van der Waals surface area (Å²) in [7, 11) is 0. The molecule has 2 N–H and O–H groups in total. The van der Waals surface area contributed by atoms with Crippen molar-refractivity contribution in [3.63, 3.8) is 0 Å². The van der Waals surface area contributed by atoms with Gasteiger partial charge in [0.05, 0.1) is 11.1 Å².